The van der Waals surface area contributed by atoms with Gasteiger partial charge in [-0.3, -0.25) is 9.89 Å². The van der Waals surface area contributed by atoms with Crippen LogP contribution in [0.4, 0.5) is 4.39 Å². The maximum atomic E-state index is 13.0. The van der Waals surface area contributed by atoms with Crippen LogP contribution < -0.4 is 5.32 Å². The molecule has 0 aliphatic carbocycles. The summed E-state index contributed by atoms with van der Waals surface area (Å²) >= 11 is 0. The Kier molecular flexibility index (Phi) is 4.97. The summed E-state index contributed by atoms with van der Waals surface area (Å²) in [5.74, 6) is -1.48. The van der Waals surface area contributed by atoms with Gasteiger partial charge in [0.05, 0.1) is 11.6 Å². The van der Waals surface area contributed by atoms with E-state index in [-0.39, 0.29) is 17.6 Å². The molecule has 0 fully saturated rings. The molecule has 1 heterocycles. The average Bonchev–Trinajstić information content (AvgIpc) is 3.06. The van der Waals surface area contributed by atoms with Crippen molar-refractivity contribution < 1.29 is 18.7 Å². The van der Waals surface area contributed by atoms with Crippen LogP contribution in [0.2, 0.25) is 0 Å². The lowest BCUT2D eigenvalue weighted by atomic mass is 10.1. The average molecular weight is 355 g/mol. The van der Waals surface area contributed by atoms with E-state index in [4.69, 9.17) is 4.74 Å². The highest BCUT2D eigenvalue weighted by atomic mass is 19.1. The smallest absolute Gasteiger partial charge is 0.360 e. The third kappa shape index (κ3) is 3.72. The highest BCUT2D eigenvalue weighted by Crippen LogP contribution is 2.17. The molecule has 0 aliphatic rings. The summed E-state index contributed by atoms with van der Waals surface area (Å²) in [5, 5.41) is 10.1. The molecule has 2 aromatic carbocycles. The number of ether oxygens (including phenoxy) is 1. The largest absolute Gasteiger partial charge is 0.448 e. The number of fused-ring (bicyclic) bond motifs is 1. The Balaban J connectivity index is 1.63. The lowest BCUT2D eigenvalue weighted by Gasteiger charge is -2.18. The van der Waals surface area contributed by atoms with Gasteiger partial charge in [0, 0.05) is 5.39 Å². The van der Waals surface area contributed by atoms with E-state index in [0.29, 0.717) is 10.9 Å². The molecule has 3 aromatic rings. The predicted molar refractivity (Wildman–Crippen MR) is 93.9 cm³/mol. The Hall–Kier alpha value is -3.22. The molecule has 134 valence electrons. The SMILES string of the molecule is C[C@H](OC(=O)c1n[nH]c2ccccc12)C(=O)N[C@H](C)c1ccc(F)cc1. The van der Waals surface area contributed by atoms with Gasteiger partial charge in [0.2, 0.25) is 0 Å². The van der Waals surface area contributed by atoms with Crippen LogP contribution in [0, 0.1) is 5.82 Å². The zero-order valence-corrected chi connectivity index (χ0v) is 14.3. The lowest BCUT2D eigenvalue weighted by Crippen LogP contribution is -2.37. The molecular formula is C19H18FN3O3. The highest BCUT2D eigenvalue weighted by Gasteiger charge is 2.23. The normalized spacial score (nSPS) is 13.2. The summed E-state index contributed by atoms with van der Waals surface area (Å²) in [6, 6.07) is 12.6. The molecule has 7 heteroatoms. The van der Waals surface area contributed by atoms with Crippen molar-refractivity contribution in [3.8, 4) is 0 Å². The first-order valence-electron chi connectivity index (χ1n) is 8.15. The third-order valence-corrected chi connectivity index (χ3v) is 4.05. The monoisotopic (exact) mass is 355 g/mol. The van der Waals surface area contributed by atoms with Crippen molar-refractivity contribution in [2.24, 2.45) is 0 Å². The maximum absolute atomic E-state index is 13.0. The molecule has 1 aromatic heterocycles. The number of carbonyl (C=O) groups is 2. The zero-order valence-electron chi connectivity index (χ0n) is 14.3. The second-order valence-corrected chi connectivity index (χ2v) is 5.95. The van der Waals surface area contributed by atoms with Crippen LogP contribution in [0.5, 0.6) is 0 Å². The Morgan fingerprint density at radius 1 is 1.12 bits per heavy atom. The van der Waals surface area contributed by atoms with Crippen LogP contribution in [0.25, 0.3) is 10.9 Å². The van der Waals surface area contributed by atoms with Gasteiger partial charge in [-0.05, 0) is 37.6 Å². The van der Waals surface area contributed by atoms with Crippen LogP contribution in [0.1, 0.15) is 35.9 Å². The lowest BCUT2D eigenvalue weighted by molar-refractivity contribution is -0.129. The van der Waals surface area contributed by atoms with Crippen LogP contribution in [0.15, 0.2) is 48.5 Å². The van der Waals surface area contributed by atoms with Crippen molar-refractivity contribution >= 4 is 22.8 Å². The summed E-state index contributed by atoms with van der Waals surface area (Å²) in [4.78, 5) is 24.6. The molecule has 0 saturated heterocycles. The number of halogens is 1. The number of hydrogen-bond acceptors (Lipinski definition) is 4. The molecule has 3 rings (SSSR count). The molecule has 2 N–H and O–H groups in total. The number of para-hydroxylation sites is 1. The summed E-state index contributed by atoms with van der Waals surface area (Å²) < 4.78 is 18.2. The number of H-pyrrole nitrogens is 1. The number of hydrogen-bond donors (Lipinski definition) is 2. The Morgan fingerprint density at radius 2 is 1.81 bits per heavy atom. The van der Waals surface area contributed by atoms with Crippen LogP contribution in [-0.4, -0.2) is 28.2 Å². The van der Waals surface area contributed by atoms with Gasteiger partial charge in [0.25, 0.3) is 5.91 Å². The van der Waals surface area contributed by atoms with Gasteiger partial charge in [-0.1, -0.05) is 30.3 Å². The van der Waals surface area contributed by atoms with Gasteiger partial charge in [-0.25, -0.2) is 9.18 Å². The van der Waals surface area contributed by atoms with E-state index in [1.807, 2.05) is 6.07 Å². The number of nitrogens with zero attached hydrogens (tertiary/aromatic N) is 1. The first-order valence-corrected chi connectivity index (χ1v) is 8.15. The molecule has 0 bridgehead atoms. The van der Waals surface area contributed by atoms with E-state index in [1.165, 1.54) is 19.1 Å². The predicted octanol–water partition coefficient (Wildman–Crippen LogP) is 3.12. The molecule has 6 nitrogen and oxygen atoms in total. The number of nitrogens with one attached hydrogen (secondary N) is 2. The van der Waals surface area contributed by atoms with Crippen LogP contribution in [0.3, 0.4) is 0 Å². The second kappa shape index (κ2) is 7.35. The first kappa shape index (κ1) is 17.6. The van der Waals surface area contributed by atoms with E-state index in [0.717, 1.165) is 5.56 Å². The molecule has 0 aliphatic heterocycles. The van der Waals surface area contributed by atoms with Gasteiger partial charge in [0.15, 0.2) is 11.8 Å². The second-order valence-electron chi connectivity index (χ2n) is 5.95. The fourth-order valence-electron chi connectivity index (χ4n) is 2.55. The molecule has 26 heavy (non-hydrogen) atoms. The quantitative estimate of drug-likeness (QED) is 0.689. The van der Waals surface area contributed by atoms with Crippen molar-refractivity contribution in [1.29, 1.82) is 0 Å². The van der Waals surface area contributed by atoms with Gasteiger partial charge in [0.1, 0.15) is 5.82 Å². The Morgan fingerprint density at radius 3 is 2.54 bits per heavy atom. The standard InChI is InChI=1S/C19H18FN3O3/c1-11(13-7-9-14(20)10-8-13)21-18(24)12(2)26-19(25)17-15-5-3-4-6-16(15)22-23-17/h3-12H,1-2H3,(H,21,24)(H,22,23)/t11-,12+/m1/s1. The highest BCUT2D eigenvalue weighted by molar-refractivity contribution is 6.02. The Labute approximate surface area is 149 Å². The molecule has 0 saturated carbocycles. The Bertz CT molecular complexity index is 937. The first-order chi connectivity index (χ1) is 12.5. The zero-order chi connectivity index (χ0) is 18.7. The van der Waals surface area contributed by atoms with Gasteiger partial charge < -0.3 is 10.1 Å². The number of benzene rings is 2. The molecule has 0 radical (unpaired) electrons. The minimum Gasteiger partial charge on any atom is -0.448 e. The number of esters is 1. The van der Waals surface area contributed by atoms with E-state index in [2.05, 4.69) is 15.5 Å². The maximum Gasteiger partial charge on any atom is 0.360 e. The summed E-state index contributed by atoms with van der Waals surface area (Å²) in [5.41, 5.74) is 1.59. The summed E-state index contributed by atoms with van der Waals surface area (Å²) in [7, 11) is 0. The molecule has 0 spiro atoms. The van der Waals surface area contributed by atoms with Gasteiger partial charge in [-0.15, -0.1) is 0 Å². The molecule has 2 atom stereocenters. The summed E-state index contributed by atoms with van der Waals surface area (Å²) in [6.07, 6.45) is -0.999. The van der Waals surface area contributed by atoms with Crippen molar-refractivity contribution in [2.75, 3.05) is 0 Å². The van der Waals surface area contributed by atoms with Crippen LogP contribution in [-0.2, 0) is 9.53 Å². The van der Waals surface area contributed by atoms with Crippen molar-refractivity contribution in [1.82, 2.24) is 15.5 Å². The van der Waals surface area contributed by atoms with Crippen LogP contribution >= 0.6 is 0 Å². The van der Waals surface area contributed by atoms with E-state index < -0.39 is 18.0 Å². The number of aromatic amines is 1. The van der Waals surface area contributed by atoms with Crippen molar-refractivity contribution in [3.63, 3.8) is 0 Å². The van der Waals surface area contributed by atoms with E-state index >= 15 is 0 Å². The topological polar surface area (TPSA) is 84.1 Å². The minimum absolute atomic E-state index is 0.131. The van der Waals surface area contributed by atoms with Gasteiger partial charge >= 0.3 is 5.97 Å². The van der Waals surface area contributed by atoms with Crippen molar-refractivity contribution in [3.05, 3.63) is 65.6 Å². The van der Waals surface area contributed by atoms with E-state index in [1.54, 1.807) is 37.3 Å². The summed E-state index contributed by atoms with van der Waals surface area (Å²) in [6.45, 7) is 3.25. The van der Waals surface area contributed by atoms with Crippen molar-refractivity contribution in [2.45, 2.75) is 26.0 Å². The number of aromatic nitrogens is 2. The third-order valence-electron chi connectivity index (χ3n) is 4.05. The fraction of sp³-hybridized carbons (Fsp3) is 0.211. The fourth-order valence-corrected chi connectivity index (χ4v) is 2.55. The minimum atomic E-state index is -0.999. The molecule has 0 unspecified atom stereocenters. The number of rotatable bonds is 5. The van der Waals surface area contributed by atoms with E-state index in [9.17, 15) is 14.0 Å². The molecule has 1 amide bonds. The number of amides is 1. The van der Waals surface area contributed by atoms with Gasteiger partial charge in [-0.2, -0.15) is 5.10 Å². The number of carbonyl (C=O) groups excluding carboxylic acids is 2. The molecular weight excluding hydrogens is 337 g/mol.